The fourth-order valence-electron chi connectivity index (χ4n) is 2.07. The summed E-state index contributed by atoms with van der Waals surface area (Å²) in [5, 5.41) is 3.15. The van der Waals surface area contributed by atoms with Gasteiger partial charge in [0.2, 0.25) is 0 Å². The van der Waals surface area contributed by atoms with Gasteiger partial charge in [-0.3, -0.25) is 0 Å². The third-order valence-corrected chi connectivity index (χ3v) is 3.13. The Balaban J connectivity index is 0.00000123. The van der Waals surface area contributed by atoms with Gasteiger partial charge in [0.15, 0.2) is 0 Å². The lowest BCUT2D eigenvalue weighted by atomic mass is 10.1. The van der Waals surface area contributed by atoms with E-state index in [1.165, 1.54) is 17.7 Å². The summed E-state index contributed by atoms with van der Waals surface area (Å²) in [7, 11) is 0. The lowest BCUT2D eigenvalue weighted by Crippen LogP contribution is -2.02. The van der Waals surface area contributed by atoms with Crippen LogP contribution in [0.5, 0.6) is 0 Å². The summed E-state index contributed by atoms with van der Waals surface area (Å²) in [5.41, 5.74) is 9.74. The van der Waals surface area contributed by atoms with E-state index < -0.39 is 0 Å². The Labute approximate surface area is 146 Å². The molecule has 3 N–H and O–H groups in total. The van der Waals surface area contributed by atoms with Gasteiger partial charge in [0.1, 0.15) is 5.82 Å². The highest BCUT2D eigenvalue weighted by molar-refractivity contribution is 5.81. The molecule has 2 aromatic rings. The number of aryl methyl sites for hydroxylation is 1. The smallest absolute Gasteiger partial charge is 0.124 e. The van der Waals surface area contributed by atoms with E-state index in [4.69, 9.17) is 5.73 Å². The van der Waals surface area contributed by atoms with E-state index in [1.807, 2.05) is 39.8 Å². The second-order valence-electron chi connectivity index (χ2n) is 4.78. The first-order valence-electron chi connectivity index (χ1n) is 8.70. The van der Waals surface area contributed by atoms with Crippen LogP contribution in [0.1, 0.15) is 52.2 Å². The molecule has 2 aromatic carbocycles. The SMILES string of the molecule is C=C(Nc1ccc(CCC)cc1)c1cc(F)ccc1N.CC.CC. The molecule has 3 heteroatoms. The Bertz CT molecular complexity index is 604. The van der Waals surface area contributed by atoms with E-state index in [1.54, 1.807) is 6.07 Å². The third-order valence-electron chi connectivity index (χ3n) is 3.13. The number of nitrogen functional groups attached to an aromatic ring is 1. The van der Waals surface area contributed by atoms with Crippen LogP contribution < -0.4 is 11.1 Å². The highest BCUT2D eigenvalue weighted by Gasteiger charge is 2.06. The minimum atomic E-state index is -0.324. The summed E-state index contributed by atoms with van der Waals surface area (Å²) in [5.74, 6) is -0.324. The molecular formula is C21H31FN2. The van der Waals surface area contributed by atoms with Gasteiger partial charge in [-0.2, -0.15) is 0 Å². The molecule has 0 fully saturated rings. The van der Waals surface area contributed by atoms with Crippen LogP contribution in [0.3, 0.4) is 0 Å². The number of nitrogens with two attached hydrogens (primary N) is 1. The zero-order chi connectivity index (χ0) is 18.5. The maximum absolute atomic E-state index is 13.3. The number of benzene rings is 2. The van der Waals surface area contributed by atoms with Crippen molar-refractivity contribution in [3.8, 4) is 0 Å². The minimum Gasteiger partial charge on any atom is -0.398 e. The van der Waals surface area contributed by atoms with E-state index in [-0.39, 0.29) is 5.82 Å². The summed E-state index contributed by atoms with van der Waals surface area (Å²) in [6, 6.07) is 12.4. The molecule has 0 saturated heterocycles. The fourth-order valence-corrected chi connectivity index (χ4v) is 2.07. The van der Waals surface area contributed by atoms with Crippen molar-refractivity contribution in [2.75, 3.05) is 11.1 Å². The quantitative estimate of drug-likeness (QED) is 0.614. The molecule has 0 amide bonds. The number of nitrogens with one attached hydrogen (secondary N) is 1. The second-order valence-corrected chi connectivity index (χ2v) is 4.78. The van der Waals surface area contributed by atoms with E-state index in [9.17, 15) is 4.39 Å². The number of halogens is 1. The van der Waals surface area contributed by atoms with Crippen molar-refractivity contribution >= 4 is 17.1 Å². The van der Waals surface area contributed by atoms with Crippen molar-refractivity contribution in [2.45, 2.75) is 47.5 Å². The van der Waals surface area contributed by atoms with Crippen molar-refractivity contribution in [3.05, 3.63) is 66.0 Å². The van der Waals surface area contributed by atoms with Crippen LogP contribution in [0, 0.1) is 5.82 Å². The van der Waals surface area contributed by atoms with Crippen molar-refractivity contribution < 1.29 is 4.39 Å². The van der Waals surface area contributed by atoms with Crippen LogP contribution in [0.15, 0.2) is 49.0 Å². The molecule has 0 bridgehead atoms. The standard InChI is InChI=1S/C17H19FN2.2C2H6/c1-3-4-13-5-8-15(9-6-13)20-12(2)16-11-14(18)7-10-17(16)19;2*1-2/h5-11,20H,2-4,19H2,1H3;2*1-2H3. The molecule has 0 atom stereocenters. The van der Waals surface area contributed by atoms with Crippen molar-refractivity contribution in [1.29, 1.82) is 0 Å². The van der Waals surface area contributed by atoms with E-state index in [0.29, 0.717) is 16.9 Å². The average molecular weight is 330 g/mol. The topological polar surface area (TPSA) is 38.0 Å². The first-order valence-corrected chi connectivity index (χ1v) is 8.70. The van der Waals surface area contributed by atoms with Gasteiger partial charge in [-0.1, -0.05) is 59.8 Å². The molecule has 0 aromatic heterocycles. The molecular weight excluding hydrogens is 299 g/mol. The molecule has 0 aliphatic carbocycles. The molecule has 2 nitrogen and oxygen atoms in total. The zero-order valence-electron chi connectivity index (χ0n) is 15.6. The Morgan fingerprint density at radius 1 is 1.04 bits per heavy atom. The molecule has 0 unspecified atom stereocenters. The first kappa shape index (κ1) is 21.7. The summed E-state index contributed by atoms with van der Waals surface area (Å²) in [6.07, 6.45) is 2.19. The highest BCUT2D eigenvalue weighted by atomic mass is 19.1. The Morgan fingerprint density at radius 3 is 2.17 bits per heavy atom. The lowest BCUT2D eigenvalue weighted by molar-refractivity contribution is 0.627. The molecule has 0 aliphatic heterocycles. The Kier molecular flexibility index (Phi) is 11.0. The summed E-state index contributed by atoms with van der Waals surface area (Å²) in [4.78, 5) is 0. The fraction of sp³-hybridized carbons (Fsp3) is 0.333. The molecule has 0 spiro atoms. The van der Waals surface area contributed by atoms with Gasteiger partial charge in [0.25, 0.3) is 0 Å². The highest BCUT2D eigenvalue weighted by Crippen LogP contribution is 2.23. The molecule has 2 rings (SSSR count). The number of hydrogen-bond acceptors (Lipinski definition) is 2. The minimum absolute atomic E-state index is 0.324. The third kappa shape index (κ3) is 6.86. The van der Waals surface area contributed by atoms with Gasteiger partial charge in [0, 0.05) is 22.6 Å². The predicted octanol–water partition coefficient (Wildman–Crippen LogP) is 6.50. The largest absolute Gasteiger partial charge is 0.398 e. The van der Waals surface area contributed by atoms with Crippen molar-refractivity contribution in [2.24, 2.45) is 0 Å². The van der Waals surface area contributed by atoms with Crippen LogP contribution in [-0.4, -0.2) is 0 Å². The van der Waals surface area contributed by atoms with E-state index in [0.717, 1.165) is 18.5 Å². The van der Waals surface area contributed by atoms with Crippen LogP contribution in [0.4, 0.5) is 15.8 Å². The maximum Gasteiger partial charge on any atom is 0.124 e. The van der Waals surface area contributed by atoms with Crippen LogP contribution in [0.2, 0.25) is 0 Å². The van der Waals surface area contributed by atoms with Crippen LogP contribution in [0.25, 0.3) is 5.70 Å². The lowest BCUT2D eigenvalue weighted by Gasteiger charge is -2.12. The first-order chi connectivity index (χ1) is 11.6. The van der Waals surface area contributed by atoms with E-state index >= 15 is 0 Å². The van der Waals surface area contributed by atoms with Gasteiger partial charge >= 0.3 is 0 Å². The summed E-state index contributed by atoms with van der Waals surface area (Å²) in [6.45, 7) is 14.1. The molecule has 0 radical (unpaired) electrons. The molecule has 24 heavy (non-hydrogen) atoms. The van der Waals surface area contributed by atoms with Crippen LogP contribution in [-0.2, 0) is 6.42 Å². The van der Waals surface area contributed by atoms with Crippen molar-refractivity contribution in [1.82, 2.24) is 0 Å². The monoisotopic (exact) mass is 330 g/mol. The molecule has 0 heterocycles. The average Bonchev–Trinajstić information content (AvgIpc) is 2.62. The second kappa shape index (κ2) is 12.2. The number of rotatable bonds is 5. The Morgan fingerprint density at radius 2 is 1.62 bits per heavy atom. The van der Waals surface area contributed by atoms with Crippen LogP contribution >= 0.6 is 0 Å². The normalized spacial score (nSPS) is 9.08. The summed E-state index contributed by atoms with van der Waals surface area (Å²) < 4.78 is 13.3. The van der Waals surface area contributed by atoms with Crippen molar-refractivity contribution in [3.63, 3.8) is 0 Å². The predicted molar refractivity (Wildman–Crippen MR) is 107 cm³/mol. The van der Waals surface area contributed by atoms with Gasteiger partial charge in [-0.25, -0.2) is 4.39 Å². The molecule has 0 saturated carbocycles. The van der Waals surface area contributed by atoms with Gasteiger partial charge in [-0.05, 0) is 42.3 Å². The zero-order valence-corrected chi connectivity index (χ0v) is 15.6. The van der Waals surface area contributed by atoms with Gasteiger partial charge in [0.05, 0.1) is 0 Å². The maximum atomic E-state index is 13.3. The number of anilines is 2. The molecule has 0 aliphatic rings. The Hall–Kier alpha value is -2.29. The number of hydrogen-bond donors (Lipinski definition) is 2. The van der Waals surface area contributed by atoms with Gasteiger partial charge < -0.3 is 11.1 Å². The molecule has 132 valence electrons. The summed E-state index contributed by atoms with van der Waals surface area (Å²) >= 11 is 0. The van der Waals surface area contributed by atoms with Gasteiger partial charge in [-0.15, -0.1) is 0 Å². The van der Waals surface area contributed by atoms with E-state index in [2.05, 4.69) is 31.0 Å².